The molecule has 1 saturated carbocycles. The number of aryl methyl sites for hydroxylation is 1. The molecular formula is C13H23N3. The van der Waals surface area contributed by atoms with Gasteiger partial charge in [0.15, 0.2) is 0 Å². The SMILES string of the molecule is Cn1ccc(C2CCC2CNC(C)(C)C)n1. The van der Waals surface area contributed by atoms with E-state index in [1.54, 1.807) is 0 Å². The van der Waals surface area contributed by atoms with Gasteiger partial charge >= 0.3 is 0 Å². The maximum Gasteiger partial charge on any atom is 0.0658 e. The minimum Gasteiger partial charge on any atom is -0.312 e. The zero-order chi connectivity index (χ0) is 11.8. The smallest absolute Gasteiger partial charge is 0.0658 e. The fourth-order valence-corrected chi connectivity index (χ4v) is 2.27. The maximum atomic E-state index is 4.52. The third kappa shape index (κ3) is 2.64. The standard InChI is InChI=1S/C13H23N3/c1-13(2,3)14-9-10-5-6-11(10)12-7-8-16(4)15-12/h7-8,10-11,14H,5-6,9H2,1-4H3. The zero-order valence-electron chi connectivity index (χ0n) is 10.8. The lowest BCUT2D eigenvalue weighted by molar-refractivity contribution is 0.221. The average molecular weight is 221 g/mol. The predicted molar refractivity (Wildman–Crippen MR) is 66.4 cm³/mol. The first kappa shape index (κ1) is 11.6. The van der Waals surface area contributed by atoms with Gasteiger partial charge in [0.1, 0.15) is 0 Å². The van der Waals surface area contributed by atoms with E-state index in [2.05, 4.69) is 37.3 Å². The van der Waals surface area contributed by atoms with Crippen LogP contribution in [0.3, 0.4) is 0 Å². The molecule has 1 aromatic heterocycles. The number of aromatic nitrogens is 2. The number of nitrogens with zero attached hydrogens (tertiary/aromatic N) is 2. The van der Waals surface area contributed by atoms with Crippen LogP contribution < -0.4 is 5.32 Å². The summed E-state index contributed by atoms with van der Waals surface area (Å²) < 4.78 is 1.90. The number of nitrogens with one attached hydrogen (secondary N) is 1. The molecule has 0 aromatic carbocycles. The van der Waals surface area contributed by atoms with Crippen molar-refractivity contribution >= 4 is 0 Å². The van der Waals surface area contributed by atoms with E-state index in [-0.39, 0.29) is 5.54 Å². The minimum atomic E-state index is 0.226. The van der Waals surface area contributed by atoms with Crippen molar-refractivity contribution < 1.29 is 0 Å². The lowest BCUT2D eigenvalue weighted by Crippen LogP contribution is -2.43. The van der Waals surface area contributed by atoms with Crippen molar-refractivity contribution in [2.75, 3.05) is 6.54 Å². The van der Waals surface area contributed by atoms with Crippen LogP contribution in [0.15, 0.2) is 12.3 Å². The fraction of sp³-hybridized carbons (Fsp3) is 0.769. The molecule has 0 bridgehead atoms. The van der Waals surface area contributed by atoms with Crippen molar-refractivity contribution in [2.45, 2.75) is 45.1 Å². The van der Waals surface area contributed by atoms with Crippen LogP contribution in [0.2, 0.25) is 0 Å². The highest BCUT2D eigenvalue weighted by atomic mass is 15.2. The summed E-state index contributed by atoms with van der Waals surface area (Å²) in [6.07, 6.45) is 4.68. The Balaban J connectivity index is 1.89. The molecule has 90 valence electrons. The molecule has 2 unspecified atom stereocenters. The van der Waals surface area contributed by atoms with Gasteiger partial charge in [-0.1, -0.05) is 0 Å². The van der Waals surface area contributed by atoms with E-state index in [0.29, 0.717) is 5.92 Å². The number of hydrogen-bond acceptors (Lipinski definition) is 2. The third-order valence-electron chi connectivity index (χ3n) is 3.43. The van der Waals surface area contributed by atoms with E-state index in [9.17, 15) is 0 Å². The van der Waals surface area contributed by atoms with Crippen molar-refractivity contribution in [1.82, 2.24) is 15.1 Å². The Morgan fingerprint density at radius 1 is 1.44 bits per heavy atom. The first-order valence-corrected chi connectivity index (χ1v) is 6.20. The molecule has 2 rings (SSSR count). The summed E-state index contributed by atoms with van der Waals surface area (Å²) in [5.74, 6) is 1.45. The largest absolute Gasteiger partial charge is 0.312 e. The van der Waals surface area contributed by atoms with Crippen LogP contribution in [0.4, 0.5) is 0 Å². The van der Waals surface area contributed by atoms with Gasteiger partial charge in [-0.25, -0.2) is 0 Å². The Hall–Kier alpha value is -0.830. The molecule has 1 fully saturated rings. The second kappa shape index (κ2) is 4.21. The fourth-order valence-electron chi connectivity index (χ4n) is 2.27. The molecule has 0 spiro atoms. The van der Waals surface area contributed by atoms with Gasteiger partial charge in [0.2, 0.25) is 0 Å². The van der Waals surface area contributed by atoms with Crippen LogP contribution in [-0.2, 0) is 7.05 Å². The second-order valence-corrected chi connectivity index (χ2v) is 5.99. The first-order valence-electron chi connectivity index (χ1n) is 6.20. The Kier molecular flexibility index (Phi) is 3.06. The Morgan fingerprint density at radius 3 is 2.62 bits per heavy atom. The normalized spacial score (nSPS) is 25.5. The van der Waals surface area contributed by atoms with Crippen molar-refractivity contribution in [3.63, 3.8) is 0 Å². The number of hydrogen-bond donors (Lipinski definition) is 1. The molecule has 2 atom stereocenters. The third-order valence-corrected chi connectivity index (χ3v) is 3.43. The summed E-state index contributed by atoms with van der Waals surface area (Å²) >= 11 is 0. The molecular weight excluding hydrogens is 198 g/mol. The van der Waals surface area contributed by atoms with Gasteiger partial charge in [0, 0.05) is 24.7 Å². The van der Waals surface area contributed by atoms with Gasteiger partial charge in [0.25, 0.3) is 0 Å². The monoisotopic (exact) mass is 221 g/mol. The number of rotatable bonds is 3. The van der Waals surface area contributed by atoms with Crippen molar-refractivity contribution in [2.24, 2.45) is 13.0 Å². The Labute approximate surface area is 98.2 Å². The summed E-state index contributed by atoms with van der Waals surface area (Å²) in [5, 5.41) is 8.11. The van der Waals surface area contributed by atoms with Crippen molar-refractivity contribution in [1.29, 1.82) is 0 Å². The van der Waals surface area contributed by atoms with E-state index in [0.717, 1.165) is 12.5 Å². The van der Waals surface area contributed by atoms with Crippen LogP contribution in [0, 0.1) is 5.92 Å². The summed E-state index contributed by atoms with van der Waals surface area (Å²) in [5.41, 5.74) is 1.50. The highest BCUT2D eigenvalue weighted by Gasteiger charge is 2.33. The van der Waals surface area contributed by atoms with Crippen molar-refractivity contribution in [3.05, 3.63) is 18.0 Å². The van der Waals surface area contributed by atoms with Crippen LogP contribution in [0.25, 0.3) is 0 Å². The van der Waals surface area contributed by atoms with Crippen LogP contribution in [0.5, 0.6) is 0 Å². The molecule has 1 heterocycles. The summed E-state index contributed by atoms with van der Waals surface area (Å²) in [6, 6.07) is 2.16. The molecule has 1 N–H and O–H groups in total. The molecule has 0 aliphatic heterocycles. The highest BCUT2D eigenvalue weighted by Crippen LogP contribution is 2.41. The molecule has 16 heavy (non-hydrogen) atoms. The van der Waals surface area contributed by atoms with Gasteiger partial charge in [0.05, 0.1) is 5.69 Å². The average Bonchev–Trinajstić information content (AvgIpc) is 2.47. The molecule has 0 saturated heterocycles. The highest BCUT2D eigenvalue weighted by molar-refractivity contribution is 5.12. The zero-order valence-corrected chi connectivity index (χ0v) is 10.8. The van der Waals surface area contributed by atoms with Gasteiger partial charge in [-0.15, -0.1) is 0 Å². The maximum absolute atomic E-state index is 4.52. The van der Waals surface area contributed by atoms with E-state index in [1.165, 1.54) is 18.5 Å². The molecule has 0 radical (unpaired) electrons. The van der Waals surface area contributed by atoms with Crippen molar-refractivity contribution in [3.8, 4) is 0 Å². The molecule has 1 aliphatic rings. The van der Waals surface area contributed by atoms with Crippen LogP contribution in [-0.4, -0.2) is 21.9 Å². The topological polar surface area (TPSA) is 29.9 Å². The quantitative estimate of drug-likeness (QED) is 0.849. The molecule has 3 nitrogen and oxygen atoms in total. The van der Waals surface area contributed by atoms with E-state index < -0.39 is 0 Å². The summed E-state index contributed by atoms with van der Waals surface area (Å²) in [7, 11) is 1.99. The Bertz CT molecular complexity index is 348. The van der Waals surface area contributed by atoms with Gasteiger partial charge in [-0.05, 0) is 52.1 Å². The minimum absolute atomic E-state index is 0.226. The first-order chi connectivity index (χ1) is 7.46. The van der Waals surface area contributed by atoms with E-state index in [4.69, 9.17) is 0 Å². The van der Waals surface area contributed by atoms with Gasteiger partial charge in [-0.3, -0.25) is 4.68 Å². The van der Waals surface area contributed by atoms with E-state index in [1.807, 2.05) is 17.9 Å². The summed E-state index contributed by atoms with van der Waals surface area (Å²) in [4.78, 5) is 0. The summed E-state index contributed by atoms with van der Waals surface area (Å²) in [6.45, 7) is 7.79. The lowest BCUT2D eigenvalue weighted by atomic mass is 9.71. The molecule has 1 aromatic rings. The van der Waals surface area contributed by atoms with Gasteiger partial charge < -0.3 is 5.32 Å². The molecule has 3 heteroatoms. The van der Waals surface area contributed by atoms with Crippen LogP contribution in [0.1, 0.15) is 45.2 Å². The van der Waals surface area contributed by atoms with Gasteiger partial charge in [-0.2, -0.15) is 5.10 Å². The molecule has 0 amide bonds. The second-order valence-electron chi connectivity index (χ2n) is 5.99. The predicted octanol–water partition coefficient (Wildman–Crippen LogP) is 2.30. The molecule has 1 aliphatic carbocycles. The van der Waals surface area contributed by atoms with Crippen LogP contribution >= 0.6 is 0 Å². The Morgan fingerprint density at radius 2 is 2.19 bits per heavy atom. The lowest BCUT2D eigenvalue weighted by Gasteiger charge is -2.37. The van der Waals surface area contributed by atoms with E-state index >= 15 is 0 Å².